The van der Waals surface area contributed by atoms with Crippen LogP contribution in [0.1, 0.15) is 25.1 Å². The van der Waals surface area contributed by atoms with Crippen LogP contribution in [-0.4, -0.2) is 29.0 Å². The molecule has 0 saturated carbocycles. The number of aromatic nitrogens is 2. The first kappa shape index (κ1) is 14.8. The van der Waals surface area contributed by atoms with Crippen molar-refractivity contribution < 1.29 is 9.53 Å². The zero-order chi connectivity index (χ0) is 16.5. The number of amides is 1. The molecule has 2 heterocycles. The second-order valence-corrected chi connectivity index (χ2v) is 5.95. The average molecular weight is 321 g/mol. The van der Waals surface area contributed by atoms with Gasteiger partial charge < -0.3 is 14.6 Å². The second-order valence-electron chi connectivity index (χ2n) is 5.95. The van der Waals surface area contributed by atoms with Crippen LogP contribution in [0.15, 0.2) is 48.5 Å². The Kier molecular flexibility index (Phi) is 3.69. The number of H-pyrrole nitrogens is 1. The number of carbonyl (C=O) groups excluding carboxylic acids is 1. The molecular weight excluding hydrogens is 302 g/mol. The molecule has 1 saturated heterocycles. The molecule has 1 amide bonds. The van der Waals surface area contributed by atoms with E-state index in [1.165, 1.54) is 0 Å². The van der Waals surface area contributed by atoms with Crippen molar-refractivity contribution in [1.82, 2.24) is 9.97 Å². The number of carbonyl (C=O) groups is 1. The number of hydrogen-bond acceptors (Lipinski definition) is 3. The number of ether oxygens (including phenoxy) is 1. The van der Waals surface area contributed by atoms with Crippen LogP contribution >= 0.6 is 0 Å². The van der Waals surface area contributed by atoms with Crippen LogP contribution in [0.4, 0.5) is 5.69 Å². The smallest absolute Gasteiger partial charge is 0.227 e. The van der Waals surface area contributed by atoms with Crippen molar-refractivity contribution in [3.05, 3.63) is 54.4 Å². The minimum absolute atomic E-state index is 0.0691. The molecule has 1 unspecified atom stereocenters. The van der Waals surface area contributed by atoms with Crippen molar-refractivity contribution in [2.75, 3.05) is 18.1 Å². The van der Waals surface area contributed by atoms with E-state index in [4.69, 9.17) is 4.74 Å². The van der Waals surface area contributed by atoms with E-state index in [-0.39, 0.29) is 11.8 Å². The Balaban J connectivity index is 1.63. The molecule has 0 aliphatic carbocycles. The molecule has 0 radical (unpaired) electrons. The lowest BCUT2D eigenvalue weighted by atomic mass is 10.1. The third-order valence-electron chi connectivity index (χ3n) is 4.38. The van der Waals surface area contributed by atoms with Gasteiger partial charge in [0, 0.05) is 18.9 Å². The summed E-state index contributed by atoms with van der Waals surface area (Å²) in [6.07, 6.45) is 0.459. The number of fused-ring (bicyclic) bond motifs is 1. The zero-order valence-electron chi connectivity index (χ0n) is 13.5. The third kappa shape index (κ3) is 2.52. The number of imidazole rings is 1. The highest BCUT2D eigenvalue weighted by molar-refractivity contribution is 5.97. The van der Waals surface area contributed by atoms with Crippen LogP contribution < -0.4 is 9.64 Å². The zero-order valence-corrected chi connectivity index (χ0v) is 13.5. The van der Waals surface area contributed by atoms with Gasteiger partial charge in [-0.25, -0.2) is 4.98 Å². The number of anilines is 1. The summed E-state index contributed by atoms with van der Waals surface area (Å²) >= 11 is 0. The molecule has 1 N–H and O–H groups in total. The topological polar surface area (TPSA) is 58.2 Å². The Morgan fingerprint density at radius 1 is 1.21 bits per heavy atom. The molecule has 24 heavy (non-hydrogen) atoms. The monoisotopic (exact) mass is 321 g/mol. The van der Waals surface area contributed by atoms with Crippen molar-refractivity contribution in [2.24, 2.45) is 0 Å². The fourth-order valence-electron chi connectivity index (χ4n) is 3.25. The largest absolute Gasteiger partial charge is 0.492 e. The van der Waals surface area contributed by atoms with Gasteiger partial charge in [-0.2, -0.15) is 0 Å². The summed E-state index contributed by atoms with van der Waals surface area (Å²) in [5.74, 6) is 1.80. The van der Waals surface area contributed by atoms with Gasteiger partial charge in [0.1, 0.15) is 11.6 Å². The first-order valence-electron chi connectivity index (χ1n) is 8.23. The molecule has 1 aliphatic rings. The van der Waals surface area contributed by atoms with Gasteiger partial charge in [0.2, 0.25) is 5.91 Å². The van der Waals surface area contributed by atoms with Crippen molar-refractivity contribution in [2.45, 2.75) is 19.3 Å². The van der Waals surface area contributed by atoms with E-state index in [9.17, 15) is 4.79 Å². The fourth-order valence-corrected chi connectivity index (χ4v) is 3.25. The van der Waals surface area contributed by atoms with E-state index in [1.54, 1.807) is 0 Å². The molecule has 1 aromatic heterocycles. The molecule has 0 spiro atoms. The quantitative estimate of drug-likeness (QED) is 0.800. The van der Waals surface area contributed by atoms with Gasteiger partial charge in [0.05, 0.1) is 23.3 Å². The average Bonchev–Trinajstić information content (AvgIpc) is 3.19. The maximum atomic E-state index is 12.6. The van der Waals surface area contributed by atoms with Gasteiger partial charge in [0.15, 0.2) is 0 Å². The van der Waals surface area contributed by atoms with Gasteiger partial charge >= 0.3 is 0 Å². The lowest BCUT2D eigenvalue weighted by molar-refractivity contribution is -0.117. The molecule has 5 nitrogen and oxygen atoms in total. The fraction of sp³-hybridized carbons (Fsp3) is 0.263. The first-order valence-corrected chi connectivity index (χ1v) is 8.23. The Labute approximate surface area is 140 Å². The minimum Gasteiger partial charge on any atom is -0.492 e. The second kappa shape index (κ2) is 6.00. The molecule has 122 valence electrons. The summed E-state index contributed by atoms with van der Waals surface area (Å²) in [5.41, 5.74) is 2.78. The number of rotatable bonds is 4. The summed E-state index contributed by atoms with van der Waals surface area (Å²) in [6, 6.07) is 15.6. The van der Waals surface area contributed by atoms with E-state index < -0.39 is 0 Å². The molecule has 1 aliphatic heterocycles. The predicted molar refractivity (Wildman–Crippen MR) is 93.4 cm³/mol. The van der Waals surface area contributed by atoms with Crippen LogP contribution in [-0.2, 0) is 4.79 Å². The van der Waals surface area contributed by atoms with Crippen molar-refractivity contribution >= 4 is 22.6 Å². The number of aromatic amines is 1. The number of hydrogen-bond donors (Lipinski definition) is 1. The summed E-state index contributed by atoms with van der Waals surface area (Å²) in [6.45, 7) is 3.13. The third-order valence-corrected chi connectivity index (χ3v) is 4.38. The number of benzene rings is 2. The molecule has 1 atom stereocenters. The molecule has 5 heteroatoms. The lowest BCUT2D eigenvalue weighted by Crippen LogP contribution is -2.25. The van der Waals surface area contributed by atoms with Gasteiger partial charge in [-0.3, -0.25) is 4.79 Å². The van der Waals surface area contributed by atoms with Crippen LogP contribution in [0.2, 0.25) is 0 Å². The Hall–Kier alpha value is -2.82. The van der Waals surface area contributed by atoms with E-state index >= 15 is 0 Å². The van der Waals surface area contributed by atoms with Crippen molar-refractivity contribution in [3.63, 3.8) is 0 Å². The Bertz CT molecular complexity index is 854. The summed E-state index contributed by atoms with van der Waals surface area (Å²) in [4.78, 5) is 22.4. The van der Waals surface area contributed by atoms with E-state index in [0.29, 0.717) is 19.6 Å². The maximum absolute atomic E-state index is 12.6. The molecule has 3 aromatic rings. The number of para-hydroxylation sites is 4. The van der Waals surface area contributed by atoms with E-state index in [1.807, 2.05) is 60.4 Å². The number of nitrogens with zero attached hydrogens (tertiary/aromatic N) is 2. The molecule has 1 fully saturated rings. The van der Waals surface area contributed by atoms with Crippen molar-refractivity contribution in [1.29, 1.82) is 0 Å². The van der Waals surface area contributed by atoms with Gasteiger partial charge in [0.25, 0.3) is 0 Å². The molecule has 0 bridgehead atoms. The van der Waals surface area contributed by atoms with Crippen LogP contribution in [0.25, 0.3) is 11.0 Å². The van der Waals surface area contributed by atoms with Gasteiger partial charge in [-0.05, 0) is 31.2 Å². The predicted octanol–water partition coefficient (Wildman–Crippen LogP) is 3.48. The highest BCUT2D eigenvalue weighted by Gasteiger charge is 2.34. The first-order chi connectivity index (χ1) is 11.8. The highest BCUT2D eigenvalue weighted by Crippen LogP contribution is 2.36. The SMILES string of the molecule is CCOc1ccccc1N1CC(c2nc3ccccc3[nH]2)CC1=O. The van der Waals surface area contributed by atoms with Crippen molar-refractivity contribution in [3.8, 4) is 5.75 Å². The summed E-state index contributed by atoms with van der Waals surface area (Å²) in [7, 11) is 0. The van der Waals surface area contributed by atoms with E-state index in [0.717, 1.165) is 28.3 Å². The Morgan fingerprint density at radius 2 is 2.00 bits per heavy atom. The summed E-state index contributed by atoms with van der Waals surface area (Å²) in [5, 5.41) is 0. The number of nitrogens with one attached hydrogen (secondary N) is 1. The van der Waals surface area contributed by atoms with Crippen LogP contribution in [0, 0.1) is 0 Å². The molecular formula is C19H19N3O2. The Morgan fingerprint density at radius 3 is 2.83 bits per heavy atom. The standard InChI is InChI=1S/C19H19N3O2/c1-2-24-17-10-6-5-9-16(17)22-12-13(11-18(22)23)19-20-14-7-3-4-8-15(14)21-19/h3-10,13H,2,11-12H2,1H3,(H,20,21). The van der Waals surface area contributed by atoms with Crippen LogP contribution in [0.5, 0.6) is 5.75 Å². The molecule has 2 aromatic carbocycles. The molecule has 4 rings (SSSR count). The van der Waals surface area contributed by atoms with Gasteiger partial charge in [-0.1, -0.05) is 24.3 Å². The van der Waals surface area contributed by atoms with Gasteiger partial charge in [-0.15, -0.1) is 0 Å². The van der Waals surface area contributed by atoms with E-state index in [2.05, 4.69) is 9.97 Å². The lowest BCUT2D eigenvalue weighted by Gasteiger charge is -2.19. The normalized spacial score (nSPS) is 17.6. The summed E-state index contributed by atoms with van der Waals surface area (Å²) < 4.78 is 5.67. The maximum Gasteiger partial charge on any atom is 0.227 e. The highest BCUT2D eigenvalue weighted by atomic mass is 16.5. The van der Waals surface area contributed by atoms with Crippen LogP contribution in [0.3, 0.4) is 0 Å². The minimum atomic E-state index is 0.0691.